The first-order chi connectivity index (χ1) is 10.6. The number of anilines is 1. The van der Waals surface area contributed by atoms with Crippen molar-refractivity contribution in [3.63, 3.8) is 0 Å². The van der Waals surface area contributed by atoms with E-state index in [2.05, 4.69) is 11.1 Å². The summed E-state index contributed by atoms with van der Waals surface area (Å²) in [5.74, 6) is 1.00. The number of imidazole rings is 1. The quantitative estimate of drug-likeness (QED) is 0.691. The Morgan fingerprint density at radius 3 is 2.86 bits per heavy atom. The molecule has 0 spiro atoms. The van der Waals surface area contributed by atoms with E-state index in [1.165, 1.54) is 5.56 Å². The van der Waals surface area contributed by atoms with Gasteiger partial charge in [-0.3, -0.25) is 4.79 Å². The predicted octanol–water partition coefficient (Wildman–Crippen LogP) is 3.08. The molecule has 2 heterocycles. The summed E-state index contributed by atoms with van der Waals surface area (Å²) < 4.78 is 2.04. The zero-order valence-corrected chi connectivity index (χ0v) is 12.7. The van der Waals surface area contributed by atoms with E-state index in [0.29, 0.717) is 5.56 Å². The molecule has 22 heavy (non-hydrogen) atoms. The summed E-state index contributed by atoms with van der Waals surface area (Å²) in [6.45, 7) is 2.72. The van der Waals surface area contributed by atoms with Crippen LogP contribution in [-0.2, 0) is 13.5 Å². The first kappa shape index (κ1) is 13.1. The summed E-state index contributed by atoms with van der Waals surface area (Å²) in [5.41, 5.74) is 4.90. The lowest BCUT2D eigenvalue weighted by Crippen LogP contribution is -2.28. The van der Waals surface area contributed by atoms with Gasteiger partial charge in [0.2, 0.25) is 0 Å². The van der Waals surface area contributed by atoms with Gasteiger partial charge in [0.1, 0.15) is 5.82 Å². The second-order valence-electron chi connectivity index (χ2n) is 5.76. The van der Waals surface area contributed by atoms with Crippen molar-refractivity contribution in [3.8, 4) is 0 Å². The summed E-state index contributed by atoms with van der Waals surface area (Å²) >= 11 is 0. The van der Waals surface area contributed by atoms with Gasteiger partial charge in [0, 0.05) is 24.8 Å². The minimum atomic E-state index is 0.0511. The first-order valence-corrected chi connectivity index (χ1v) is 7.48. The number of rotatable bonds is 1. The molecule has 0 N–H and O–H groups in total. The number of hydrogen-bond donors (Lipinski definition) is 0. The molecule has 3 aromatic rings. The summed E-state index contributed by atoms with van der Waals surface area (Å²) in [5, 5.41) is 0. The SMILES string of the molecule is Cc1nc2cc(C(=O)N3CCc4ccccc43)ccc2n1C. The van der Waals surface area contributed by atoms with Gasteiger partial charge >= 0.3 is 0 Å². The molecule has 0 saturated carbocycles. The minimum absolute atomic E-state index is 0.0511. The number of carbonyl (C=O) groups is 1. The van der Waals surface area contributed by atoms with Gasteiger partial charge in [0.05, 0.1) is 11.0 Å². The number of nitrogens with zero attached hydrogens (tertiary/aromatic N) is 3. The Hall–Kier alpha value is -2.62. The highest BCUT2D eigenvalue weighted by molar-refractivity contribution is 6.08. The van der Waals surface area contributed by atoms with Crippen LogP contribution in [0.3, 0.4) is 0 Å². The smallest absolute Gasteiger partial charge is 0.258 e. The van der Waals surface area contributed by atoms with E-state index in [4.69, 9.17) is 0 Å². The molecule has 4 rings (SSSR count). The standard InChI is InChI=1S/C18H17N3O/c1-12-19-15-11-14(7-8-17(15)20(12)2)18(22)21-10-9-13-5-3-4-6-16(13)21/h3-8,11H,9-10H2,1-2H3. The maximum Gasteiger partial charge on any atom is 0.258 e. The number of hydrogen-bond acceptors (Lipinski definition) is 2. The second kappa shape index (κ2) is 4.70. The van der Waals surface area contributed by atoms with Crippen LogP contribution in [0, 0.1) is 6.92 Å². The summed E-state index contributed by atoms with van der Waals surface area (Å²) in [4.78, 5) is 19.2. The molecular weight excluding hydrogens is 274 g/mol. The molecule has 1 aliphatic rings. The van der Waals surface area contributed by atoms with Gasteiger partial charge in [-0.1, -0.05) is 18.2 Å². The van der Waals surface area contributed by atoms with Crippen molar-refractivity contribution >= 4 is 22.6 Å². The lowest BCUT2D eigenvalue weighted by molar-refractivity contribution is 0.0989. The second-order valence-corrected chi connectivity index (χ2v) is 5.76. The van der Waals surface area contributed by atoms with Crippen molar-refractivity contribution in [2.24, 2.45) is 7.05 Å². The number of benzene rings is 2. The maximum atomic E-state index is 12.8. The Morgan fingerprint density at radius 2 is 2.00 bits per heavy atom. The molecule has 4 heteroatoms. The third kappa shape index (κ3) is 1.84. The molecule has 110 valence electrons. The molecule has 1 aromatic heterocycles. The third-order valence-electron chi connectivity index (χ3n) is 4.48. The van der Waals surface area contributed by atoms with Gasteiger partial charge in [-0.15, -0.1) is 0 Å². The predicted molar refractivity (Wildman–Crippen MR) is 87.3 cm³/mol. The minimum Gasteiger partial charge on any atom is -0.331 e. The van der Waals surface area contributed by atoms with E-state index in [1.807, 2.05) is 59.8 Å². The van der Waals surface area contributed by atoms with Crippen molar-refractivity contribution in [2.75, 3.05) is 11.4 Å². The topological polar surface area (TPSA) is 38.1 Å². The van der Waals surface area contributed by atoms with Crippen molar-refractivity contribution in [2.45, 2.75) is 13.3 Å². The molecule has 1 amide bonds. The van der Waals surface area contributed by atoms with Crippen LogP contribution in [0.2, 0.25) is 0 Å². The van der Waals surface area contributed by atoms with Gasteiger partial charge in [-0.2, -0.15) is 0 Å². The molecule has 0 aliphatic carbocycles. The van der Waals surface area contributed by atoms with E-state index < -0.39 is 0 Å². The highest BCUT2D eigenvalue weighted by Crippen LogP contribution is 2.29. The molecule has 4 nitrogen and oxygen atoms in total. The molecule has 0 radical (unpaired) electrons. The summed E-state index contributed by atoms with van der Waals surface area (Å²) in [7, 11) is 1.99. The number of fused-ring (bicyclic) bond motifs is 2. The average molecular weight is 291 g/mol. The Labute approximate surface area is 129 Å². The number of aryl methyl sites for hydroxylation is 2. The summed E-state index contributed by atoms with van der Waals surface area (Å²) in [6, 6.07) is 13.9. The van der Waals surface area contributed by atoms with Crippen molar-refractivity contribution in [1.29, 1.82) is 0 Å². The Morgan fingerprint density at radius 1 is 1.18 bits per heavy atom. The first-order valence-electron chi connectivity index (χ1n) is 7.48. The summed E-state index contributed by atoms with van der Waals surface area (Å²) in [6.07, 6.45) is 0.923. The molecule has 0 saturated heterocycles. The lowest BCUT2D eigenvalue weighted by Gasteiger charge is -2.17. The number of para-hydroxylation sites is 1. The van der Waals surface area contributed by atoms with Crippen LogP contribution in [0.1, 0.15) is 21.7 Å². The molecule has 2 aromatic carbocycles. The van der Waals surface area contributed by atoms with E-state index in [9.17, 15) is 4.79 Å². The van der Waals surface area contributed by atoms with E-state index >= 15 is 0 Å². The maximum absolute atomic E-state index is 12.8. The van der Waals surface area contributed by atoms with E-state index in [1.54, 1.807) is 0 Å². The molecular formula is C18H17N3O. The zero-order valence-electron chi connectivity index (χ0n) is 12.7. The van der Waals surface area contributed by atoms with Crippen molar-refractivity contribution in [1.82, 2.24) is 9.55 Å². The Balaban J connectivity index is 1.75. The zero-order chi connectivity index (χ0) is 15.3. The number of carbonyl (C=O) groups excluding carboxylic acids is 1. The fourth-order valence-corrected chi connectivity index (χ4v) is 3.16. The molecule has 1 aliphatic heterocycles. The molecule has 0 atom stereocenters. The van der Waals surface area contributed by atoms with Gasteiger partial charge in [-0.05, 0) is 43.2 Å². The third-order valence-corrected chi connectivity index (χ3v) is 4.48. The van der Waals surface area contributed by atoms with Crippen LogP contribution in [-0.4, -0.2) is 22.0 Å². The van der Waals surface area contributed by atoms with Crippen LogP contribution in [0.5, 0.6) is 0 Å². The van der Waals surface area contributed by atoms with Crippen molar-refractivity contribution < 1.29 is 4.79 Å². The van der Waals surface area contributed by atoms with Crippen LogP contribution in [0.15, 0.2) is 42.5 Å². The van der Waals surface area contributed by atoms with Crippen LogP contribution in [0.25, 0.3) is 11.0 Å². The molecule has 0 fully saturated rings. The highest BCUT2D eigenvalue weighted by Gasteiger charge is 2.25. The Kier molecular flexibility index (Phi) is 2.79. The van der Waals surface area contributed by atoms with E-state index in [0.717, 1.165) is 35.5 Å². The molecule has 0 bridgehead atoms. The Bertz CT molecular complexity index is 894. The highest BCUT2D eigenvalue weighted by atomic mass is 16.2. The monoisotopic (exact) mass is 291 g/mol. The fourth-order valence-electron chi connectivity index (χ4n) is 3.16. The van der Waals surface area contributed by atoms with Gasteiger partial charge < -0.3 is 9.47 Å². The molecule has 0 unspecified atom stereocenters. The fraction of sp³-hybridized carbons (Fsp3) is 0.222. The van der Waals surface area contributed by atoms with Gasteiger partial charge in [-0.25, -0.2) is 4.98 Å². The average Bonchev–Trinajstić information content (AvgIpc) is 3.08. The lowest BCUT2D eigenvalue weighted by atomic mass is 10.1. The number of amides is 1. The van der Waals surface area contributed by atoms with Crippen LogP contribution >= 0.6 is 0 Å². The van der Waals surface area contributed by atoms with Crippen molar-refractivity contribution in [3.05, 3.63) is 59.4 Å². The van der Waals surface area contributed by atoms with Crippen LogP contribution in [0.4, 0.5) is 5.69 Å². The van der Waals surface area contributed by atoms with Gasteiger partial charge in [0.25, 0.3) is 5.91 Å². The van der Waals surface area contributed by atoms with Crippen LogP contribution < -0.4 is 4.90 Å². The normalized spacial score (nSPS) is 13.6. The number of aromatic nitrogens is 2. The van der Waals surface area contributed by atoms with Gasteiger partial charge in [0.15, 0.2) is 0 Å². The van der Waals surface area contributed by atoms with E-state index in [-0.39, 0.29) is 5.91 Å². The largest absolute Gasteiger partial charge is 0.331 e.